The highest BCUT2D eigenvalue weighted by molar-refractivity contribution is 7.90. The van der Waals surface area contributed by atoms with Gasteiger partial charge < -0.3 is 14.4 Å². The van der Waals surface area contributed by atoms with Gasteiger partial charge in [0.25, 0.3) is 0 Å². The molecule has 0 N–H and O–H groups in total. The number of ether oxygens (including phenoxy) is 2. The lowest BCUT2D eigenvalue weighted by Crippen LogP contribution is -2.42. The topological polar surface area (TPSA) is 90.7 Å². The first-order valence-electron chi connectivity index (χ1n) is 10.7. The van der Waals surface area contributed by atoms with E-state index in [2.05, 4.69) is 5.10 Å². The summed E-state index contributed by atoms with van der Waals surface area (Å²) < 4.78 is 51.0. The number of halogens is 1. The molecule has 0 aliphatic carbocycles. The van der Waals surface area contributed by atoms with Crippen LogP contribution in [0.4, 0.5) is 9.18 Å². The van der Waals surface area contributed by atoms with Crippen LogP contribution in [0.3, 0.4) is 0 Å². The summed E-state index contributed by atoms with van der Waals surface area (Å²) in [5.74, 6) is -0.0648. The zero-order chi connectivity index (χ0) is 23.8. The summed E-state index contributed by atoms with van der Waals surface area (Å²) in [6.45, 7) is 4.73. The lowest BCUT2D eigenvalue weighted by molar-refractivity contribution is 0.0520. The fraction of sp³-hybridized carbons (Fsp3) is 0.391. The van der Waals surface area contributed by atoms with E-state index in [1.54, 1.807) is 23.2 Å². The average Bonchev–Trinajstić information content (AvgIpc) is 3.18. The number of nitrogens with zero attached hydrogens (tertiary/aromatic N) is 3. The Bertz CT molecular complexity index is 1280. The zero-order valence-electron chi connectivity index (χ0n) is 18.7. The summed E-state index contributed by atoms with van der Waals surface area (Å²) >= 11 is 0. The molecule has 10 heteroatoms. The zero-order valence-corrected chi connectivity index (χ0v) is 19.5. The SMILES string of the molecule is CC(C)OC(=O)N1CCC(Oc2cccc3c2cnn3-c2ccc(S(C)(=O)=O)cc2F)CC1. The molecule has 4 rings (SSSR count). The number of fused-ring (bicyclic) bond motifs is 1. The number of carbonyl (C=O) groups is 1. The minimum atomic E-state index is -3.51. The minimum absolute atomic E-state index is 0.0761. The first kappa shape index (κ1) is 23.0. The van der Waals surface area contributed by atoms with Crippen LogP contribution in [0.25, 0.3) is 16.6 Å². The van der Waals surface area contributed by atoms with Gasteiger partial charge in [0.15, 0.2) is 9.84 Å². The average molecular weight is 476 g/mol. The summed E-state index contributed by atoms with van der Waals surface area (Å²) in [6, 6.07) is 9.18. The molecule has 1 fully saturated rings. The Kier molecular flexibility index (Phi) is 6.29. The van der Waals surface area contributed by atoms with Crippen LogP contribution in [-0.2, 0) is 14.6 Å². The monoisotopic (exact) mass is 475 g/mol. The van der Waals surface area contributed by atoms with Gasteiger partial charge in [-0.2, -0.15) is 5.10 Å². The van der Waals surface area contributed by atoms with E-state index in [1.165, 1.54) is 16.8 Å². The molecule has 1 aliphatic heterocycles. The van der Waals surface area contributed by atoms with Gasteiger partial charge in [0.1, 0.15) is 23.4 Å². The van der Waals surface area contributed by atoms with Gasteiger partial charge in [-0.3, -0.25) is 0 Å². The van der Waals surface area contributed by atoms with E-state index in [4.69, 9.17) is 9.47 Å². The maximum atomic E-state index is 14.7. The number of amides is 1. The molecule has 176 valence electrons. The predicted octanol–water partition coefficient (Wildman–Crippen LogP) is 3.96. The molecule has 8 nitrogen and oxygen atoms in total. The molecule has 1 saturated heterocycles. The van der Waals surface area contributed by atoms with Gasteiger partial charge >= 0.3 is 6.09 Å². The van der Waals surface area contributed by atoms with Crippen molar-refractivity contribution < 1.29 is 27.1 Å². The summed E-state index contributed by atoms with van der Waals surface area (Å²) in [7, 11) is -3.51. The van der Waals surface area contributed by atoms with Gasteiger partial charge in [0.2, 0.25) is 0 Å². The molecule has 0 radical (unpaired) electrons. The lowest BCUT2D eigenvalue weighted by Gasteiger charge is -2.32. The second-order valence-electron chi connectivity index (χ2n) is 8.37. The molecule has 1 aromatic heterocycles. The third-order valence-corrected chi connectivity index (χ3v) is 6.59. The van der Waals surface area contributed by atoms with Crippen molar-refractivity contribution in [3.63, 3.8) is 0 Å². The Morgan fingerprint density at radius 3 is 2.55 bits per heavy atom. The maximum Gasteiger partial charge on any atom is 0.410 e. The van der Waals surface area contributed by atoms with Crippen molar-refractivity contribution in [3.8, 4) is 11.4 Å². The number of carbonyl (C=O) groups excluding carboxylic acids is 1. The third-order valence-electron chi connectivity index (χ3n) is 5.48. The number of piperidine rings is 1. The summed E-state index contributed by atoms with van der Waals surface area (Å²) in [4.78, 5) is 13.7. The molecule has 1 amide bonds. The Morgan fingerprint density at radius 1 is 1.18 bits per heavy atom. The third kappa shape index (κ3) is 4.95. The number of benzene rings is 2. The van der Waals surface area contributed by atoms with E-state index < -0.39 is 15.7 Å². The molecule has 0 spiro atoms. The van der Waals surface area contributed by atoms with Crippen molar-refractivity contribution in [3.05, 3.63) is 48.4 Å². The van der Waals surface area contributed by atoms with Gasteiger partial charge in [0.05, 0.1) is 28.1 Å². The number of rotatable bonds is 5. The van der Waals surface area contributed by atoms with E-state index in [1.807, 2.05) is 19.9 Å². The standard InChI is InChI=1S/C23H26FN3O5S/c1-15(2)31-23(28)26-11-9-16(10-12-26)32-22-6-4-5-20-18(22)14-25-27(20)21-8-7-17(13-19(21)24)33(3,29)30/h4-8,13-16H,9-12H2,1-3H3. The quantitative estimate of drug-likeness (QED) is 0.555. The number of hydrogen-bond donors (Lipinski definition) is 0. The molecular weight excluding hydrogens is 449 g/mol. The van der Waals surface area contributed by atoms with Crippen molar-refractivity contribution in [2.45, 2.75) is 43.8 Å². The van der Waals surface area contributed by atoms with Crippen LogP contribution in [0.2, 0.25) is 0 Å². The summed E-state index contributed by atoms with van der Waals surface area (Å²) in [6.07, 6.45) is 3.42. The van der Waals surface area contributed by atoms with Crippen molar-refractivity contribution in [2.24, 2.45) is 0 Å². The Morgan fingerprint density at radius 2 is 1.91 bits per heavy atom. The second kappa shape index (κ2) is 9.01. The summed E-state index contributed by atoms with van der Waals surface area (Å²) in [5, 5.41) is 5.03. The highest BCUT2D eigenvalue weighted by atomic mass is 32.2. The molecule has 3 aromatic rings. The number of aromatic nitrogens is 2. The first-order chi connectivity index (χ1) is 15.6. The lowest BCUT2D eigenvalue weighted by atomic mass is 10.1. The Hall–Kier alpha value is -3.14. The summed E-state index contributed by atoms with van der Waals surface area (Å²) in [5.41, 5.74) is 0.781. The fourth-order valence-electron chi connectivity index (χ4n) is 3.82. The van der Waals surface area contributed by atoms with Gasteiger partial charge in [0, 0.05) is 32.2 Å². The maximum absolute atomic E-state index is 14.7. The molecule has 33 heavy (non-hydrogen) atoms. The highest BCUT2D eigenvalue weighted by Gasteiger charge is 2.26. The van der Waals surface area contributed by atoms with E-state index >= 15 is 0 Å². The largest absolute Gasteiger partial charge is 0.490 e. The molecule has 0 bridgehead atoms. The van der Waals surface area contributed by atoms with Gasteiger partial charge in [-0.25, -0.2) is 22.3 Å². The molecule has 0 unspecified atom stereocenters. The van der Waals surface area contributed by atoms with E-state index in [9.17, 15) is 17.6 Å². The smallest absolute Gasteiger partial charge is 0.410 e. The van der Waals surface area contributed by atoms with Crippen LogP contribution < -0.4 is 4.74 Å². The van der Waals surface area contributed by atoms with E-state index in [-0.39, 0.29) is 28.9 Å². The van der Waals surface area contributed by atoms with Gasteiger partial charge in [-0.15, -0.1) is 0 Å². The number of sulfone groups is 1. The van der Waals surface area contributed by atoms with Crippen LogP contribution in [0.1, 0.15) is 26.7 Å². The molecule has 1 aliphatic rings. The van der Waals surface area contributed by atoms with Gasteiger partial charge in [-0.05, 0) is 44.2 Å². The Balaban J connectivity index is 1.53. The predicted molar refractivity (Wildman–Crippen MR) is 121 cm³/mol. The van der Waals surface area contributed by atoms with E-state index in [0.29, 0.717) is 42.6 Å². The van der Waals surface area contributed by atoms with Crippen molar-refractivity contribution in [2.75, 3.05) is 19.3 Å². The molecule has 2 heterocycles. The number of hydrogen-bond acceptors (Lipinski definition) is 6. The second-order valence-corrected chi connectivity index (χ2v) is 10.4. The minimum Gasteiger partial charge on any atom is -0.490 e. The van der Waals surface area contributed by atoms with Crippen LogP contribution in [0.5, 0.6) is 5.75 Å². The number of likely N-dealkylation sites (tertiary alicyclic amines) is 1. The van der Waals surface area contributed by atoms with Crippen molar-refractivity contribution >= 4 is 26.8 Å². The first-order valence-corrected chi connectivity index (χ1v) is 12.6. The van der Waals surface area contributed by atoms with Crippen molar-refractivity contribution in [1.82, 2.24) is 14.7 Å². The van der Waals surface area contributed by atoms with Crippen LogP contribution in [0, 0.1) is 5.82 Å². The molecule has 2 aromatic carbocycles. The van der Waals surface area contributed by atoms with Gasteiger partial charge in [-0.1, -0.05) is 6.07 Å². The molecular formula is C23H26FN3O5S. The molecule has 0 atom stereocenters. The van der Waals surface area contributed by atoms with Crippen LogP contribution in [0.15, 0.2) is 47.5 Å². The fourth-order valence-corrected chi connectivity index (χ4v) is 4.45. The normalized spacial score (nSPS) is 15.2. The van der Waals surface area contributed by atoms with E-state index in [0.717, 1.165) is 12.3 Å². The van der Waals surface area contributed by atoms with Crippen LogP contribution in [-0.4, -0.2) is 60.7 Å². The van der Waals surface area contributed by atoms with Crippen molar-refractivity contribution in [1.29, 1.82) is 0 Å². The Labute approximate surface area is 191 Å². The molecule has 0 saturated carbocycles. The van der Waals surface area contributed by atoms with Crippen LogP contribution >= 0.6 is 0 Å². The highest BCUT2D eigenvalue weighted by Crippen LogP contribution is 2.30.